The van der Waals surface area contributed by atoms with Gasteiger partial charge in [-0.15, -0.1) is 6.42 Å². The third kappa shape index (κ3) is 7.60. The summed E-state index contributed by atoms with van der Waals surface area (Å²) >= 11 is 0. The van der Waals surface area contributed by atoms with Crippen LogP contribution in [0.5, 0.6) is 5.75 Å². The second-order valence-corrected chi connectivity index (χ2v) is 8.78. The summed E-state index contributed by atoms with van der Waals surface area (Å²) in [6, 6.07) is 8.43. The standard InChI is InChI=1S/C20H24N2O6S/c1-3-10-28-18-7-4-6-17(13-18)16(2)14-29(25,26)12-5-11-27-15-22-9-8-19(23)21-20(22)24/h1,4,6-9,13,16H,5,10-12,14-15H2,2H3,(H,21,23,24)/t16-/m0/s1. The predicted octanol–water partition coefficient (Wildman–Crippen LogP) is 1.13. The molecular weight excluding hydrogens is 396 g/mol. The van der Waals surface area contributed by atoms with E-state index in [-0.39, 0.29) is 37.4 Å². The van der Waals surface area contributed by atoms with Crippen LogP contribution < -0.4 is 16.0 Å². The van der Waals surface area contributed by atoms with Crippen molar-refractivity contribution in [1.29, 1.82) is 0 Å². The predicted molar refractivity (Wildman–Crippen MR) is 110 cm³/mol. The van der Waals surface area contributed by atoms with E-state index in [1.165, 1.54) is 16.8 Å². The monoisotopic (exact) mass is 420 g/mol. The normalized spacial score (nSPS) is 12.3. The Bertz CT molecular complexity index is 1070. The van der Waals surface area contributed by atoms with Gasteiger partial charge < -0.3 is 9.47 Å². The van der Waals surface area contributed by atoms with Crippen LogP contribution in [-0.4, -0.2) is 42.7 Å². The maximum absolute atomic E-state index is 12.4. The molecule has 0 aliphatic carbocycles. The number of aromatic nitrogens is 2. The average Bonchev–Trinajstić information content (AvgIpc) is 2.67. The van der Waals surface area contributed by atoms with Crippen molar-refractivity contribution in [3.63, 3.8) is 0 Å². The molecule has 0 amide bonds. The average molecular weight is 420 g/mol. The van der Waals surface area contributed by atoms with Crippen LogP contribution in [0, 0.1) is 12.3 Å². The van der Waals surface area contributed by atoms with Gasteiger partial charge in [-0.2, -0.15) is 0 Å². The first kappa shape index (κ1) is 22.5. The molecule has 0 bridgehead atoms. The molecular formula is C20H24N2O6S. The molecule has 156 valence electrons. The molecule has 0 aliphatic heterocycles. The molecule has 2 aromatic rings. The number of sulfone groups is 1. The van der Waals surface area contributed by atoms with E-state index in [1.54, 1.807) is 18.2 Å². The van der Waals surface area contributed by atoms with E-state index in [0.29, 0.717) is 12.2 Å². The highest BCUT2D eigenvalue weighted by molar-refractivity contribution is 7.91. The number of nitrogens with one attached hydrogen (secondary N) is 1. The van der Waals surface area contributed by atoms with Crippen molar-refractivity contribution >= 4 is 9.84 Å². The zero-order valence-corrected chi connectivity index (χ0v) is 17.0. The number of benzene rings is 1. The molecule has 1 N–H and O–H groups in total. The maximum atomic E-state index is 12.4. The van der Waals surface area contributed by atoms with Gasteiger partial charge in [-0.1, -0.05) is 25.0 Å². The Morgan fingerprint density at radius 3 is 2.79 bits per heavy atom. The lowest BCUT2D eigenvalue weighted by Crippen LogP contribution is -2.29. The lowest BCUT2D eigenvalue weighted by molar-refractivity contribution is 0.0745. The number of H-pyrrole nitrogens is 1. The largest absolute Gasteiger partial charge is 0.481 e. The van der Waals surface area contributed by atoms with E-state index in [9.17, 15) is 18.0 Å². The second-order valence-electron chi connectivity index (χ2n) is 6.55. The van der Waals surface area contributed by atoms with Gasteiger partial charge in [0, 0.05) is 18.9 Å². The highest BCUT2D eigenvalue weighted by Crippen LogP contribution is 2.22. The number of hydrogen-bond acceptors (Lipinski definition) is 6. The summed E-state index contributed by atoms with van der Waals surface area (Å²) in [5, 5.41) is 0. The summed E-state index contributed by atoms with van der Waals surface area (Å²) in [5.41, 5.74) is -0.205. The number of nitrogens with zero attached hydrogens (tertiary/aromatic N) is 1. The third-order valence-corrected chi connectivity index (χ3v) is 6.04. The minimum absolute atomic E-state index is 0.00493. The Morgan fingerprint density at radius 1 is 1.28 bits per heavy atom. The number of rotatable bonds is 11. The topological polar surface area (TPSA) is 107 Å². The molecule has 2 rings (SSSR count). The van der Waals surface area contributed by atoms with Gasteiger partial charge in [-0.25, -0.2) is 13.2 Å². The summed E-state index contributed by atoms with van der Waals surface area (Å²) in [4.78, 5) is 24.6. The van der Waals surface area contributed by atoms with E-state index in [4.69, 9.17) is 15.9 Å². The van der Waals surface area contributed by atoms with Crippen LogP contribution in [0.4, 0.5) is 0 Å². The Hall–Kier alpha value is -2.83. The molecule has 1 aromatic carbocycles. The first-order chi connectivity index (χ1) is 13.8. The molecule has 9 heteroatoms. The fourth-order valence-corrected chi connectivity index (χ4v) is 4.36. The summed E-state index contributed by atoms with van der Waals surface area (Å²) in [5.74, 6) is 2.78. The van der Waals surface area contributed by atoms with Crippen molar-refractivity contribution in [2.45, 2.75) is 26.0 Å². The van der Waals surface area contributed by atoms with Gasteiger partial charge in [0.25, 0.3) is 5.56 Å². The van der Waals surface area contributed by atoms with Crippen molar-refractivity contribution in [3.05, 3.63) is 62.9 Å². The molecule has 29 heavy (non-hydrogen) atoms. The Labute approximate surface area is 169 Å². The van der Waals surface area contributed by atoms with Crippen LogP contribution in [0.2, 0.25) is 0 Å². The van der Waals surface area contributed by atoms with Crippen LogP contribution in [0.25, 0.3) is 0 Å². The zero-order valence-electron chi connectivity index (χ0n) is 16.2. The van der Waals surface area contributed by atoms with E-state index < -0.39 is 21.1 Å². The van der Waals surface area contributed by atoms with Crippen molar-refractivity contribution < 1.29 is 17.9 Å². The molecule has 0 radical (unpaired) electrons. The molecule has 1 atom stereocenters. The van der Waals surface area contributed by atoms with E-state index in [1.807, 2.05) is 13.0 Å². The fourth-order valence-electron chi connectivity index (χ4n) is 2.69. The van der Waals surface area contributed by atoms with Gasteiger partial charge in [-0.05, 0) is 30.0 Å². The Balaban J connectivity index is 1.80. The minimum Gasteiger partial charge on any atom is -0.481 e. The highest BCUT2D eigenvalue weighted by Gasteiger charge is 2.17. The van der Waals surface area contributed by atoms with Crippen molar-refractivity contribution in [2.75, 3.05) is 24.7 Å². The van der Waals surface area contributed by atoms with Gasteiger partial charge in [0.15, 0.2) is 9.84 Å². The van der Waals surface area contributed by atoms with Crippen molar-refractivity contribution in [3.8, 4) is 18.1 Å². The van der Waals surface area contributed by atoms with E-state index in [2.05, 4.69) is 10.9 Å². The molecule has 0 saturated carbocycles. The zero-order chi connectivity index (χ0) is 21.3. The summed E-state index contributed by atoms with van der Waals surface area (Å²) in [6.45, 7) is 2.11. The van der Waals surface area contributed by atoms with Crippen LogP contribution in [0.3, 0.4) is 0 Å². The van der Waals surface area contributed by atoms with Crippen LogP contribution in [0.1, 0.15) is 24.8 Å². The number of aromatic amines is 1. The van der Waals surface area contributed by atoms with Crippen molar-refractivity contribution in [2.24, 2.45) is 0 Å². The van der Waals surface area contributed by atoms with Crippen LogP contribution in [0.15, 0.2) is 46.1 Å². The number of ether oxygens (including phenoxy) is 2. The summed E-state index contributed by atoms with van der Waals surface area (Å²) in [6.07, 6.45) is 6.80. The number of terminal acetylenes is 1. The molecule has 0 saturated heterocycles. The highest BCUT2D eigenvalue weighted by atomic mass is 32.2. The Morgan fingerprint density at radius 2 is 2.07 bits per heavy atom. The quantitative estimate of drug-likeness (QED) is 0.431. The first-order valence-electron chi connectivity index (χ1n) is 9.05. The molecule has 0 unspecified atom stereocenters. The van der Waals surface area contributed by atoms with Crippen LogP contribution in [-0.2, 0) is 21.3 Å². The summed E-state index contributed by atoms with van der Waals surface area (Å²) < 4.78 is 36.7. The smallest absolute Gasteiger partial charge is 0.330 e. The van der Waals surface area contributed by atoms with Gasteiger partial charge in [0.05, 0.1) is 11.5 Å². The molecule has 1 heterocycles. The molecule has 8 nitrogen and oxygen atoms in total. The van der Waals surface area contributed by atoms with E-state index >= 15 is 0 Å². The lowest BCUT2D eigenvalue weighted by Gasteiger charge is -2.14. The third-order valence-electron chi connectivity index (χ3n) is 4.12. The van der Waals surface area contributed by atoms with Gasteiger partial charge in [0.1, 0.15) is 19.1 Å². The lowest BCUT2D eigenvalue weighted by atomic mass is 10.0. The number of hydrogen-bond donors (Lipinski definition) is 1. The molecule has 0 aliphatic rings. The molecule has 1 aromatic heterocycles. The van der Waals surface area contributed by atoms with Gasteiger partial charge in [0.2, 0.25) is 0 Å². The first-order valence-corrected chi connectivity index (χ1v) is 10.9. The SMILES string of the molecule is C#CCOc1cccc([C@@H](C)CS(=O)(=O)CCCOCn2ccc(=O)[nH]c2=O)c1. The van der Waals surface area contributed by atoms with Crippen molar-refractivity contribution in [1.82, 2.24) is 9.55 Å². The van der Waals surface area contributed by atoms with Crippen LogP contribution >= 0.6 is 0 Å². The molecule has 0 spiro atoms. The molecule has 0 fully saturated rings. The van der Waals surface area contributed by atoms with E-state index in [0.717, 1.165) is 5.56 Å². The summed E-state index contributed by atoms with van der Waals surface area (Å²) in [7, 11) is -3.29. The Kier molecular flexibility index (Phi) is 8.24. The maximum Gasteiger partial charge on any atom is 0.330 e. The van der Waals surface area contributed by atoms with Gasteiger partial charge >= 0.3 is 5.69 Å². The van der Waals surface area contributed by atoms with Gasteiger partial charge in [-0.3, -0.25) is 14.3 Å². The fraction of sp³-hybridized carbons (Fsp3) is 0.400. The minimum atomic E-state index is -3.29. The second kappa shape index (κ2) is 10.6.